The fraction of sp³-hybridized carbons (Fsp3) is 0.0909. The van der Waals surface area contributed by atoms with Crippen molar-refractivity contribution in [2.24, 2.45) is 0 Å². The minimum atomic E-state index is 0.743. The van der Waals surface area contributed by atoms with E-state index in [9.17, 15) is 0 Å². The number of alkyl halides is 1. The van der Waals surface area contributed by atoms with E-state index in [1.165, 1.54) is 5.56 Å². The standard InChI is InChI=1S/C11H8Br2N2/c12-7-8-2-1-3-9(6-8)11-14-5-4-10(13)15-11/h1-6H,7H2. The predicted octanol–water partition coefficient (Wildman–Crippen LogP) is 3.80. The third kappa shape index (κ3) is 2.63. The van der Waals surface area contributed by atoms with Crippen LogP contribution in [-0.4, -0.2) is 9.97 Å². The lowest BCUT2D eigenvalue weighted by Gasteiger charge is -2.02. The molecule has 2 nitrogen and oxygen atoms in total. The number of benzene rings is 1. The third-order valence-electron chi connectivity index (χ3n) is 1.96. The summed E-state index contributed by atoms with van der Waals surface area (Å²) in [5.41, 5.74) is 2.25. The molecule has 1 aromatic carbocycles. The molecule has 2 rings (SSSR count). The molecule has 0 aliphatic rings. The molecule has 0 N–H and O–H groups in total. The molecule has 2 aromatic rings. The Hall–Kier alpha value is -0.740. The first kappa shape index (κ1) is 10.8. The van der Waals surface area contributed by atoms with Crippen LogP contribution in [0.5, 0.6) is 0 Å². The highest BCUT2D eigenvalue weighted by atomic mass is 79.9. The van der Waals surface area contributed by atoms with Gasteiger partial charge in [-0.05, 0) is 33.6 Å². The van der Waals surface area contributed by atoms with E-state index in [0.29, 0.717) is 0 Å². The first-order valence-corrected chi connectivity index (χ1v) is 6.35. The average molecular weight is 328 g/mol. The van der Waals surface area contributed by atoms with Gasteiger partial charge >= 0.3 is 0 Å². The number of hydrogen-bond acceptors (Lipinski definition) is 2. The van der Waals surface area contributed by atoms with E-state index in [4.69, 9.17) is 0 Å². The van der Waals surface area contributed by atoms with Crippen molar-refractivity contribution in [3.63, 3.8) is 0 Å². The van der Waals surface area contributed by atoms with E-state index >= 15 is 0 Å². The Balaban J connectivity index is 2.44. The van der Waals surface area contributed by atoms with Gasteiger partial charge in [0.1, 0.15) is 4.60 Å². The molecule has 0 aliphatic heterocycles. The Labute approximate surface area is 105 Å². The smallest absolute Gasteiger partial charge is 0.160 e. The van der Waals surface area contributed by atoms with Crippen molar-refractivity contribution in [2.75, 3.05) is 0 Å². The van der Waals surface area contributed by atoms with Crippen LogP contribution in [0, 0.1) is 0 Å². The molecule has 0 radical (unpaired) electrons. The molecule has 0 aliphatic carbocycles. The highest BCUT2D eigenvalue weighted by molar-refractivity contribution is 9.10. The summed E-state index contributed by atoms with van der Waals surface area (Å²) in [5, 5.41) is 0.842. The lowest BCUT2D eigenvalue weighted by atomic mass is 10.1. The van der Waals surface area contributed by atoms with Crippen molar-refractivity contribution in [3.8, 4) is 11.4 Å². The molecule has 4 heteroatoms. The average Bonchev–Trinajstić information content (AvgIpc) is 2.29. The largest absolute Gasteiger partial charge is 0.237 e. The lowest BCUT2D eigenvalue weighted by molar-refractivity contribution is 1.15. The molecule has 0 unspecified atom stereocenters. The molecular formula is C11H8Br2N2. The van der Waals surface area contributed by atoms with Gasteiger partial charge in [-0.1, -0.05) is 34.1 Å². The summed E-state index contributed by atoms with van der Waals surface area (Å²) in [4.78, 5) is 8.54. The van der Waals surface area contributed by atoms with Gasteiger partial charge in [0.2, 0.25) is 0 Å². The highest BCUT2D eigenvalue weighted by Crippen LogP contribution is 2.19. The van der Waals surface area contributed by atoms with Crippen LogP contribution in [-0.2, 0) is 5.33 Å². The highest BCUT2D eigenvalue weighted by Gasteiger charge is 2.01. The minimum absolute atomic E-state index is 0.743. The number of aromatic nitrogens is 2. The normalized spacial score (nSPS) is 10.3. The summed E-state index contributed by atoms with van der Waals surface area (Å²) in [7, 11) is 0. The lowest BCUT2D eigenvalue weighted by Crippen LogP contribution is -1.89. The molecular weight excluding hydrogens is 320 g/mol. The van der Waals surface area contributed by atoms with Crippen LogP contribution in [0.2, 0.25) is 0 Å². The first-order chi connectivity index (χ1) is 7.29. The molecule has 0 saturated carbocycles. The minimum Gasteiger partial charge on any atom is -0.237 e. The van der Waals surface area contributed by atoms with E-state index in [0.717, 1.165) is 21.3 Å². The Morgan fingerprint density at radius 1 is 1.20 bits per heavy atom. The van der Waals surface area contributed by atoms with Gasteiger partial charge in [-0.2, -0.15) is 0 Å². The first-order valence-electron chi connectivity index (χ1n) is 4.43. The molecule has 0 saturated heterocycles. The van der Waals surface area contributed by atoms with Gasteiger partial charge in [0, 0.05) is 17.1 Å². The van der Waals surface area contributed by atoms with Gasteiger partial charge in [-0.3, -0.25) is 0 Å². The monoisotopic (exact) mass is 326 g/mol. The van der Waals surface area contributed by atoms with Crippen LogP contribution >= 0.6 is 31.9 Å². The maximum absolute atomic E-state index is 4.31. The van der Waals surface area contributed by atoms with Gasteiger partial charge in [0.25, 0.3) is 0 Å². The van der Waals surface area contributed by atoms with E-state index in [2.05, 4.69) is 54.0 Å². The Bertz CT molecular complexity index is 472. The zero-order valence-electron chi connectivity index (χ0n) is 7.82. The molecule has 1 aromatic heterocycles. The molecule has 0 bridgehead atoms. The molecule has 1 heterocycles. The van der Waals surface area contributed by atoms with E-state index in [1.54, 1.807) is 6.20 Å². The summed E-state index contributed by atoms with van der Waals surface area (Å²) in [6.07, 6.45) is 1.74. The van der Waals surface area contributed by atoms with Gasteiger partial charge in [0.05, 0.1) is 0 Å². The second kappa shape index (κ2) is 4.86. The van der Waals surface area contributed by atoms with Gasteiger partial charge in [-0.25, -0.2) is 9.97 Å². The quantitative estimate of drug-likeness (QED) is 0.619. The van der Waals surface area contributed by atoms with Crippen molar-refractivity contribution in [1.29, 1.82) is 0 Å². The Morgan fingerprint density at radius 2 is 2.07 bits per heavy atom. The van der Waals surface area contributed by atoms with Crippen LogP contribution in [0.4, 0.5) is 0 Å². The number of hydrogen-bond donors (Lipinski definition) is 0. The zero-order valence-corrected chi connectivity index (χ0v) is 11.0. The van der Waals surface area contributed by atoms with Crippen LogP contribution in [0.15, 0.2) is 41.1 Å². The number of nitrogens with zero attached hydrogens (tertiary/aromatic N) is 2. The second-order valence-electron chi connectivity index (χ2n) is 3.04. The van der Waals surface area contributed by atoms with Crippen molar-refractivity contribution in [3.05, 3.63) is 46.7 Å². The molecule has 76 valence electrons. The molecule has 0 amide bonds. The number of halogens is 2. The predicted molar refractivity (Wildman–Crippen MR) is 67.8 cm³/mol. The van der Waals surface area contributed by atoms with E-state index < -0.39 is 0 Å². The van der Waals surface area contributed by atoms with Crippen molar-refractivity contribution in [2.45, 2.75) is 5.33 Å². The summed E-state index contributed by atoms with van der Waals surface area (Å²) in [5.74, 6) is 0.743. The molecule has 15 heavy (non-hydrogen) atoms. The van der Waals surface area contributed by atoms with Crippen molar-refractivity contribution in [1.82, 2.24) is 9.97 Å². The summed E-state index contributed by atoms with van der Waals surface area (Å²) < 4.78 is 0.803. The SMILES string of the molecule is BrCc1cccc(-c2nccc(Br)n2)c1. The maximum Gasteiger partial charge on any atom is 0.160 e. The van der Waals surface area contributed by atoms with Crippen LogP contribution in [0.25, 0.3) is 11.4 Å². The Morgan fingerprint density at radius 3 is 2.80 bits per heavy atom. The van der Waals surface area contributed by atoms with Gasteiger partial charge in [0.15, 0.2) is 5.82 Å². The molecule has 0 atom stereocenters. The zero-order chi connectivity index (χ0) is 10.7. The van der Waals surface area contributed by atoms with E-state index in [-0.39, 0.29) is 0 Å². The topological polar surface area (TPSA) is 25.8 Å². The van der Waals surface area contributed by atoms with Crippen LogP contribution < -0.4 is 0 Å². The van der Waals surface area contributed by atoms with Crippen molar-refractivity contribution >= 4 is 31.9 Å². The molecule has 0 fully saturated rings. The summed E-state index contributed by atoms with van der Waals surface area (Å²) in [6.45, 7) is 0. The summed E-state index contributed by atoms with van der Waals surface area (Å²) >= 11 is 6.76. The number of rotatable bonds is 2. The second-order valence-corrected chi connectivity index (χ2v) is 4.41. The van der Waals surface area contributed by atoms with Crippen molar-refractivity contribution < 1.29 is 0 Å². The van der Waals surface area contributed by atoms with Crippen LogP contribution in [0.1, 0.15) is 5.56 Å². The maximum atomic E-state index is 4.31. The van der Waals surface area contributed by atoms with Gasteiger partial charge in [-0.15, -0.1) is 0 Å². The summed E-state index contributed by atoms with van der Waals surface area (Å²) in [6, 6.07) is 9.98. The fourth-order valence-electron chi connectivity index (χ4n) is 1.27. The van der Waals surface area contributed by atoms with E-state index in [1.807, 2.05) is 18.2 Å². The third-order valence-corrected chi connectivity index (χ3v) is 3.05. The van der Waals surface area contributed by atoms with Gasteiger partial charge < -0.3 is 0 Å². The van der Waals surface area contributed by atoms with Crippen LogP contribution in [0.3, 0.4) is 0 Å². The fourth-order valence-corrected chi connectivity index (χ4v) is 1.90. The molecule has 0 spiro atoms. The Kier molecular flexibility index (Phi) is 3.49.